The Balaban J connectivity index is 1.79. The lowest BCUT2D eigenvalue weighted by molar-refractivity contribution is -0.153. The number of rotatable bonds is 10. The summed E-state index contributed by atoms with van der Waals surface area (Å²) < 4.78 is 5.13. The fraction of sp³-hybridized carbons (Fsp3) is 0.333. The number of esters is 1. The van der Waals surface area contributed by atoms with E-state index in [0.717, 1.165) is 12.8 Å². The summed E-state index contributed by atoms with van der Waals surface area (Å²) in [5.74, 6) is -1.31. The van der Waals surface area contributed by atoms with Gasteiger partial charge in [-0.3, -0.25) is 19.2 Å². The molecular formula is C24H27NO5. The summed E-state index contributed by atoms with van der Waals surface area (Å²) in [4.78, 5) is 47.7. The number of amides is 1. The molecule has 0 saturated heterocycles. The van der Waals surface area contributed by atoms with Crippen LogP contribution < -0.4 is 5.32 Å². The van der Waals surface area contributed by atoms with Gasteiger partial charge in [0.25, 0.3) is 5.91 Å². The van der Waals surface area contributed by atoms with Crippen molar-refractivity contribution in [3.63, 3.8) is 0 Å². The first-order chi connectivity index (χ1) is 14.3. The van der Waals surface area contributed by atoms with E-state index in [1.165, 1.54) is 19.4 Å². The molecular weight excluding hydrogens is 382 g/mol. The van der Waals surface area contributed by atoms with Crippen molar-refractivity contribution in [2.45, 2.75) is 52.6 Å². The van der Waals surface area contributed by atoms with Crippen molar-refractivity contribution in [1.29, 1.82) is 0 Å². The molecule has 2 aromatic rings. The topological polar surface area (TPSA) is 89.5 Å². The van der Waals surface area contributed by atoms with Crippen LogP contribution in [0.25, 0.3) is 0 Å². The summed E-state index contributed by atoms with van der Waals surface area (Å²) in [5.41, 5.74) is 2.76. The number of carbonyl (C=O) groups is 4. The normalized spacial score (nSPS) is 11.4. The molecule has 0 radical (unpaired) electrons. The van der Waals surface area contributed by atoms with E-state index < -0.39 is 18.0 Å². The summed E-state index contributed by atoms with van der Waals surface area (Å²) in [7, 11) is 0. The standard InChI is InChI=1S/C24H27NO5/c1-4-5-18-6-8-20(9-7-18)22(27)14-15-23(28)30-17(3)24(29)25-21-12-10-19(11-13-21)16(2)26/h6-13,17H,4-5,14-15H2,1-3H3,(H,25,29)/t17-/m0/s1. The number of ether oxygens (including phenoxy) is 1. The van der Waals surface area contributed by atoms with Gasteiger partial charge in [-0.1, -0.05) is 37.6 Å². The lowest BCUT2D eigenvalue weighted by Gasteiger charge is -2.13. The van der Waals surface area contributed by atoms with Gasteiger partial charge in [0.05, 0.1) is 6.42 Å². The van der Waals surface area contributed by atoms with E-state index in [9.17, 15) is 19.2 Å². The van der Waals surface area contributed by atoms with Crippen molar-refractivity contribution in [1.82, 2.24) is 0 Å². The van der Waals surface area contributed by atoms with Crippen LogP contribution >= 0.6 is 0 Å². The SMILES string of the molecule is CCCc1ccc(C(=O)CCC(=O)O[C@@H](C)C(=O)Nc2ccc(C(C)=O)cc2)cc1. The highest BCUT2D eigenvalue weighted by molar-refractivity contribution is 5.99. The highest BCUT2D eigenvalue weighted by atomic mass is 16.5. The number of Topliss-reactive ketones (excluding diaryl/α,β-unsaturated/α-hetero) is 2. The third kappa shape index (κ3) is 6.95. The van der Waals surface area contributed by atoms with Gasteiger partial charge in [0.15, 0.2) is 17.7 Å². The molecule has 6 nitrogen and oxygen atoms in total. The Labute approximate surface area is 176 Å². The molecule has 1 N–H and O–H groups in total. The van der Waals surface area contributed by atoms with E-state index in [-0.39, 0.29) is 24.4 Å². The van der Waals surface area contributed by atoms with Crippen molar-refractivity contribution in [2.24, 2.45) is 0 Å². The minimum Gasteiger partial charge on any atom is -0.453 e. The molecule has 0 heterocycles. The van der Waals surface area contributed by atoms with E-state index in [0.29, 0.717) is 16.8 Å². The van der Waals surface area contributed by atoms with E-state index in [1.54, 1.807) is 36.4 Å². The lowest BCUT2D eigenvalue weighted by Crippen LogP contribution is -2.30. The smallest absolute Gasteiger partial charge is 0.307 e. The van der Waals surface area contributed by atoms with Crippen LogP contribution in [0, 0.1) is 0 Å². The summed E-state index contributed by atoms with van der Waals surface area (Å²) in [6, 6.07) is 13.8. The maximum Gasteiger partial charge on any atom is 0.307 e. The van der Waals surface area contributed by atoms with Crippen LogP contribution in [0.15, 0.2) is 48.5 Å². The van der Waals surface area contributed by atoms with Gasteiger partial charge in [0.1, 0.15) is 0 Å². The molecule has 1 amide bonds. The number of hydrogen-bond acceptors (Lipinski definition) is 5. The van der Waals surface area contributed by atoms with E-state index in [2.05, 4.69) is 12.2 Å². The highest BCUT2D eigenvalue weighted by Crippen LogP contribution is 2.13. The van der Waals surface area contributed by atoms with Gasteiger partial charge in [0.2, 0.25) is 0 Å². The van der Waals surface area contributed by atoms with Crippen molar-refractivity contribution in [3.8, 4) is 0 Å². The first kappa shape index (κ1) is 23.0. The average Bonchev–Trinajstić information content (AvgIpc) is 2.73. The second kappa shape index (κ2) is 11.0. The Kier molecular flexibility index (Phi) is 8.47. The van der Waals surface area contributed by atoms with Crippen LogP contribution in [0.5, 0.6) is 0 Å². The van der Waals surface area contributed by atoms with Gasteiger partial charge in [-0.2, -0.15) is 0 Å². The monoisotopic (exact) mass is 409 g/mol. The molecule has 2 aromatic carbocycles. The predicted molar refractivity (Wildman–Crippen MR) is 115 cm³/mol. The number of nitrogens with one attached hydrogen (secondary N) is 1. The molecule has 158 valence electrons. The molecule has 0 fully saturated rings. The Bertz CT molecular complexity index is 900. The van der Waals surface area contributed by atoms with Crippen molar-refractivity contribution >= 4 is 29.1 Å². The molecule has 0 spiro atoms. The summed E-state index contributed by atoms with van der Waals surface area (Å²) in [5, 5.41) is 2.63. The van der Waals surface area contributed by atoms with E-state index in [1.807, 2.05) is 12.1 Å². The predicted octanol–water partition coefficient (Wildman–Crippen LogP) is 4.38. The molecule has 0 aliphatic heterocycles. The van der Waals surface area contributed by atoms with Crippen molar-refractivity contribution in [3.05, 3.63) is 65.2 Å². The molecule has 0 aromatic heterocycles. The van der Waals surface area contributed by atoms with Crippen LogP contribution in [0.4, 0.5) is 5.69 Å². The lowest BCUT2D eigenvalue weighted by atomic mass is 10.0. The Morgan fingerprint density at radius 3 is 2.07 bits per heavy atom. The molecule has 6 heteroatoms. The molecule has 0 unspecified atom stereocenters. The van der Waals surface area contributed by atoms with E-state index >= 15 is 0 Å². The molecule has 30 heavy (non-hydrogen) atoms. The minimum atomic E-state index is -1.01. The summed E-state index contributed by atoms with van der Waals surface area (Å²) >= 11 is 0. The summed E-state index contributed by atoms with van der Waals surface area (Å²) in [6.45, 7) is 5.02. The zero-order chi connectivity index (χ0) is 22.1. The first-order valence-electron chi connectivity index (χ1n) is 10.0. The Morgan fingerprint density at radius 2 is 1.50 bits per heavy atom. The van der Waals surface area contributed by atoms with Crippen LogP contribution in [0.1, 0.15) is 66.3 Å². The zero-order valence-electron chi connectivity index (χ0n) is 17.6. The number of anilines is 1. The van der Waals surface area contributed by atoms with Crippen molar-refractivity contribution < 1.29 is 23.9 Å². The van der Waals surface area contributed by atoms with Crippen LogP contribution in [0.2, 0.25) is 0 Å². The average molecular weight is 409 g/mol. The second-order valence-corrected chi connectivity index (χ2v) is 7.12. The van der Waals surface area contributed by atoms with Gasteiger partial charge in [-0.05, 0) is 50.1 Å². The molecule has 0 saturated carbocycles. The molecule has 0 aliphatic rings. The fourth-order valence-electron chi connectivity index (χ4n) is 2.85. The number of ketones is 2. The number of carbonyl (C=O) groups excluding carboxylic acids is 4. The maximum atomic E-state index is 12.2. The van der Waals surface area contributed by atoms with Gasteiger partial charge in [-0.25, -0.2) is 0 Å². The Hall–Kier alpha value is -3.28. The number of hydrogen-bond donors (Lipinski definition) is 1. The molecule has 2 rings (SSSR count). The second-order valence-electron chi connectivity index (χ2n) is 7.12. The fourth-order valence-corrected chi connectivity index (χ4v) is 2.85. The van der Waals surface area contributed by atoms with Crippen molar-refractivity contribution in [2.75, 3.05) is 5.32 Å². The van der Waals surface area contributed by atoms with Gasteiger partial charge >= 0.3 is 5.97 Å². The van der Waals surface area contributed by atoms with Crippen LogP contribution in [-0.2, 0) is 20.7 Å². The molecule has 0 bridgehead atoms. The molecule has 0 aliphatic carbocycles. The number of aryl methyl sites for hydroxylation is 1. The quantitative estimate of drug-likeness (QED) is 0.465. The Morgan fingerprint density at radius 1 is 0.900 bits per heavy atom. The third-order valence-corrected chi connectivity index (χ3v) is 4.61. The third-order valence-electron chi connectivity index (χ3n) is 4.61. The largest absolute Gasteiger partial charge is 0.453 e. The van der Waals surface area contributed by atoms with Gasteiger partial charge in [0, 0.05) is 23.2 Å². The van der Waals surface area contributed by atoms with Gasteiger partial charge < -0.3 is 10.1 Å². The maximum absolute atomic E-state index is 12.2. The van der Waals surface area contributed by atoms with Gasteiger partial charge in [-0.15, -0.1) is 0 Å². The van der Waals surface area contributed by atoms with E-state index in [4.69, 9.17) is 4.74 Å². The highest BCUT2D eigenvalue weighted by Gasteiger charge is 2.19. The minimum absolute atomic E-state index is 0.0206. The van der Waals surface area contributed by atoms with Crippen LogP contribution in [-0.4, -0.2) is 29.5 Å². The summed E-state index contributed by atoms with van der Waals surface area (Å²) in [6.07, 6.45) is 0.914. The zero-order valence-corrected chi connectivity index (χ0v) is 17.6. The first-order valence-corrected chi connectivity index (χ1v) is 10.0. The van der Waals surface area contributed by atoms with Crippen LogP contribution in [0.3, 0.4) is 0 Å². The molecule has 1 atom stereocenters. The number of benzene rings is 2.